The lowest BCUT2D eigenvalue weighted by Gasteiger charge is -1.89. The van der Waals surface area contributed by atoms with Crippen LogP contribution in [0.2, 0.25) is 0 Å². The third kappa shape index (κ3) is 81.0. The van der Waals surface area contributed by atoms with Crippen molar-refractivity contribution in [3.8, 4) is 0 Å². The number of ether oxygens (including phenoxy) is 3. The number of carboxylic acid groups (broad SMARTS) is 1. The van der Waals surface area contributed by atoms with Gasteiger partial charge in [0.15, 0.2) is 0 Å². The molecule has 0 aromatic rings. The van der Waals surface area contributed by atoms with Crippen molar-refractivity contribution in [3.63, 3.8) is 0 Å². The van der Waals surface area contributed by atoms with Gasteiger partial charge in [0.05, 0.1) is 21.3 Å². The molecule has 0 aliphatic carbocycles. The van der Waals surface area contributed by atoms with Gasteiger partial charge in [0.2, 0.25) is 0 Å². The quantitative estimate of drug-likeness (QED) is 0.655. The van der Waals surface area contributed by atoms with E-state index in [1.807, 2.05) is 13.8 Å². The number of hydrogen-bond donors (Lipinski definition) is 1. The van der Waals surface area contributed by atoms with Gasteiger partial charge in [0.25, 0.3) is 0 Å². The van der Waals surface area contributed by atoms with E-state index < -0.39 is 12.3 Å². The first kappa shape index (κ1) is 24.0. The van der Waals surface area contributed by atoms with E-state index in [2.05, 4.69) is 28.1 Å². The largest absolute Gasteiger partial charge is 0.507 e. The van der Waals surface area contributed by atoms with Crippen molar-refractivity contribution in [2.24, 2.45) is 0 Å². The molecule has 0 heterocycles. The van der Waals surface area contributed by atoms with Crippen LogP contribution in [0.3, 0.4) is 0 Å². The van der Waals surface area contributed by atoms with Crippen molar-refractivity contribution in [3.05, 3.63) is 0 Å². The van der Waals surface area contributed by atoms with E-state index in [1.165, 1.54) is 20.6 Å². The molecule has 6 heteroatoms. The van der Waals surface area contributed by atoms with Crippen LogP contribution in [0.5, 0.6) is 0 Å². The van der Waals surface area contributed by atoms with Crippen LogP contribution in [0, 0.1) is 0 Å². The summed E-state index contributed by atoms with van der Waals surface area (Å²) in [5.41, 5.74) is 0. The van der Waals surface area contributed by atoms with Gasteiger partial charge in [-0.2, -0.15) is 0 Å². The van der Waals surface area contributed by atoms with E-state index in [-0.39, 0.29) is 0 Å². The molecule has 0 bridgehead atoms. The molecule has 6 nitrogen and oxygen atoms in total. The molecule has 0 amide bonds. The lowest BCUT2D eigenvalue weighted by atomic mass is 10.6. The maximum Gasteiger partial charge on any atom is 0.507 e. The van der Waals surface area contributed by atoms with Gasteiger partial charge >= 0.3 is 12.3 Å². The highest BCUT2D eigenvalue weighted by Gasteiger charge is 1.88. The van der Waals surface area contributed by atoms with Gasteiger partial charge in [-0.05, 0) is 0 Å². The van der Waals surface area contributed by atoms with Crippen molar-refractivity contribution in [2.75, 3.05) is 21.3 Å². The first-order valence-corrected chi connectivity index (χ1v) is 4.88. The normalized spacial score (nSPS) is 6.19. The molecule has 0 fully saturated rings. The fourth-order valence-corrected chi connectivity index (χ4v) is 0.0833. The van der Waals surface area contributed by atoms with E-state index in [0.717, 1.165) is 7.11 Å². The molecule has 0 atom stereocenters. The molecule has 0 radical (unpaired) electrons. The second kappa shape index (κ2) is 29.2. The van der Waals surface area contributed by atoms with Crippen molar-refractivity contribution >= 4 is 12.3 Å². The van der Waals surface area contributed by atoms with Gasteiger partial charge in [-0.25, -0.2) is 9.59 Å². The van der Waals surface area contributed by atoms with Crippen molar-refractivity contribution in [1.29, 1.82) is 0 Å². The smallest absolute Gasteiger partial charge is 0.450 e. The third-order valence-electron chi connectivity index (χ3n) is 0.508. The lowest BCUT2D eigenvalue weighted by molar-refractivity contribution is 0.0924. The van der Waals surface area contributed by atoms with E-state index in [4.69, 9.17) is 9.90 Å². The van der Waals surface area contributed by atoms with Gasteiger partial charge in [-0.15, -0.1) is 0 Å². The molecule has 0 rings (SSSR count). The highest BCUT2D eigenvalue weighted by Crippen LogP contribution is 1.72. The Kier molecular flexibility index (Phi) is 43.8. The minimum atomic E-state index is -1.25. The molecular formula is C10H24O6. The van der Waals surface area contributed by atoms with Crippen LogP contribution in [0.1, 0.15) is 34.1 Å². The van der Waals surface area contributed by atoms with Crippen LogP contribution in [0.25, 0.3) is 0 Å². The Morgan fingerprint density at radius 3 is 1.12 bits per heavy atom. The third-order valence-corrected chi connectivity index (χ3v) is 0.508. The summed E-state index contributed by atoms with van der Waals surface area (Å²) < 4.78 is 11.7. The number of carbonyl (C=O) groups excluding carboxylic acids is 1. The second-order valence-electron chi connectivity index (χ2n) is 1.84. The van der Waals surface area contributed by atoms with Crippen LogP contribution in [-0.4, -0.2) is 38.7 Å². The monoisotopic (exact) mass is 240 g/mol. The van der Waals surface area contributed by atoms with Crippen LogP contribution >= 0.6 is 0 Å². The van der Waals surface area contributed by atoms with Gasteiger partial charge in [-0.3, -0.25) is 0 Å². The van der Waals surface area contributed by atoms with E-state index in [9.17, 15) is 4.79 Å². The fraction of sp³-hybridized carbons (Fsp3) is 0.800. The van der Waals surface area contributed by atoms with E-state index in [0.29, 0.717) is 0 Å². The topological polar surface area (TPSA) is 82.1 Å². The molecule has 0 saturated heterocycles. The minimum absolute atomic E-state index is 0.657. The molecular weight excluding hydrogens is 216 g/mol. The predicted molar refractivity (Wildman–Crippen MR) is 61.8 cm³/mol. The maximum atomic E-state index is 9.74. The molecule has 0 aromatic heterocycles. The van der Waals surface area contributed by atoms with Crippen LogP contribution < -0.4 is 0 Å². The summed E-state index contributed by atoms with van der Waals surface area (Å²) in [6.45, 7) is 8.25. The number of rotatable bonds is 0. The van der Waals surface area contributed by atoms with Gasteiger partial charge < -0.3 is 19.3 Å². The molecule has 0 spiro atoms. The average molecular weight is 240 g/mol. The molecule has 100 valence electrons. The average Bonchev–Trinajstić information content (AvgIpc) is 2.32. The molecule has 0 aliphatic heterocycles. The maximum absolute atomic E-state index is 9.74. The summed E-state index contributed by atoms with van der Waals surface area (Å²) in [5, 5.41) is 7.50. The summed E-state index contributed by atoms with van der Waals surface area (Å²) in [6.07, 6.45) is -0.653. The Hall–Kier alpha value is -1.46. The SMILES string of the molecule is CC.CCC.COC(=O)O.COC(=O)OC. The number of carbonyl (C=O) groups is 2. The molecule has 16 heavy (non-hydrogen) atoms. The predicted octanol–water partition coefficient (Wildman–Crippen LogP) is 3.15. The first-order valence-electron chi connectivity index (χ1n) is 4.88. The van der Waals surface area contributed by atoms with Crippen molar-refractivity contribution in [1.82, 2.24) is 0 Å². The summed E-state index contributed by atoms with van der Waals surface area (Å²) in [5.74, 6) is 0. The Labute approximate surface area is 97.5 Å². The Balaban J connectivity index is -0.0000000653. The first-order chi connectivity index (χ1) is 7.49. The fourth-order valence-electron chi connectivity index (χ4n) is 0.0833. The number of hydrogen-bond acceptors (Lipinski definition) is 5. The zero-order chi connectivity index (χ0) is 14.0. The minimum Gasteiger partial charge on any atom is -0.450 e. The number of methoxy groups -OCH3 is 3. The highest BCUT2D eigenvalue weighted by atomic mass is 16.7. The summed E-state index contributed by atoms with van der Waals surface area (Å²) in [6, 6.07) is 0. The van der Waals surface area contributed by atoms with Crippen molar-refractivity contribution < 1.29 is 28.9 Å². The molecule has 0 unspecified atom stereocenters. The summed E-state index contributed by atoms with van der Waals surface area (Å²) in [7, 11) is 3.61. The Morgan fingerprint density at radius 1 is 0.938 bits per heavy atom. The lowest BCUT2D eigenvalue weighted by Crippen LogP contribution is -1.97. The molecule has 0 aromatic carbocycles. The Bertz CT molecular complexity index is 129. The standard InChI is InChI=1S/C3H6O3.C3H8.C2H4O3.C2H6/c1-5-3(4)6-2;1-3-2;1-5-2(3)4;1-2/h1-2H3;3H2,1-2H3;1H3,(H,3,4);1-2H3. The van der Waals surface area contributed by atoms with Gasteiger partial charge in [-0.1, -0.05) is 34.1 Å². The van der Waals surface area contributed by atoms with E-state index >= 15 is 0 Å². The van der Waals surface area contributed by atoms with Crippen LogP contribution in [0.15, 0.2) is 0 Å². The van der Waals surface area contributed by atoms with E-state index in [1.54, 1.807) is 0 Å². The highest BCUT2D eigenvalue weighted by molar-refractivity contribution is 5.59. The van der Waals surface area contributed by atoms with Crippen LogP contribution in [-0.2, 0) is 14.2 Å². The molecule has 0 aliphatic rings. The molecule has 1 N–H and O–H groups in total. The second-order valence-corrected chi connectivity index (χ2v) is 1.84. The Morgan fingerprint density at radius 2 is 1.12 bits per heavy atom. The zero-order valence-corrected chi connectivity index (χ0v) is 11.2. The summed E-state index contributed by atoms with van der Waals surface area (Å²) >= 11 is 0. The zero-order valence-electron chi connectivity index (χ0n) is 11.2. The van der Waals surface area contributed by atoms with Crippen LogP contribution in [0.4, 0.5) is 9.59 Å². The van der Waals surface area contributed by atoms with Gasteiger partial charge in [0.1, 0.15) is 0 Å². The van der Waals surface area contributed by atoms with Crippen molar-refractivity contribution in [2.45, 2.75) is 34.1 Å². The summed E-state index contributed by atoms with van der Waals surface area (Å²) in [4.78, 5) is 18.9. The molecule has 0 saturated carbocycles. The van der Waals surface area contributed by atoms with Gasteiger partial charge in [0, 0.05) is 0 Å².